The molecule has 0 saturated heterocycles. The van der Waals surface area contributed by atoms with E-state index in [0.717, 1.165) is 13.0 Å². The highest BCUT2D eigenvalue weighted by Gasteiger charge is 2.28. The lowest BCUT2D eigenvalue weighted by molar-refractivity contribution is -0.143. The number of nitrogens with zero attached hydrogens (tertiary/aromatic N) is 1. The third kappa shape index (κ3) is 3.69. The molecular formula is C8H18N2O2. The molecule has 1 atom stereocenters. The highest BCUT2D eigenvalue weighted by atomic mass is 16.4. The molecule has 0 aromatic rings. The monoisotopic (exact) mass is 174 g/mol. The van der Waals surface area contributed by atoms with Gasteiger partial charge < -0.3 is 15.7 Å². The fraction of sp³-hybridized carbons (Fsp3) is 0.875. The van der Waals surface area contributed by atoms with Crippen molar-refractivity contribution >= 4 is 5.97 Å². The Bertz CT molecular complexity index is 157. The molecule has 1 unspecified atom stereocenters. The Balaban J connectivity index is 3.96. The maximum atomic E-state index is 10.6. The lowest BCUT2D eigenvalue weighted by Gasteiger charge is -2.25. The molecule has 0 aromatic heterocycles. The molecule has 0 amide bonds. The zero-order chi connectivity index (χ0) is 9.78. The molecule has 0 aromatic carbocycles. The molecule has 0 bridgehead atoms. The summed E-state index contributed by atoms with van der Waals surface area (Å²) < 4.78 is 0. The number of hydrogen-bond donors (Lipinski definition) is 2. The van der Waals surface area contributed by atoms with Gasteiger partial charge in [-0.2, -0.15) is 0 Å². The van der Waals surface area contributed by atoms with Crippen LogP contribution in [-0.4, -0.2) is 41.7 Å². The summed E-state index contributed by atoms with van der Waals surface area (Å²) in [6.07, 6.45) is 1.01. The van der Waals surface area contributed by atoms with Crippen molar-refractivity contribution in [1.29, 1.82) is 0 Å². The number of hydrogen-bond acceptors (Lipinski definition) is 3. The number of rotatable bonds is 5. The van der Waals surface area contributed by atoms with Crippen molar-refractivity contribution in [1.82, 2.24) is 4.90 Å². The Morgan fingerprint density at radius 2 is 2.17 bits per heavy atom. The third-order valence-corrected chi connectivity index (χ3v) is 1.69. The zero-order valence-corrected chi connectivity index (χ0v) is 8.00. The maximum Gasteiger partial charge on any atom is 0.324 e. The molecule has 3 N–H and O–H groups in total. The fourth-order valence-electron chi connectivity index (χ4n) is 1.09. The van der Waals surface area contributed by atoms with Gasteiger partial charge in [-0.05, 0) is 26.9 Å². The van der Waals surface area contributed by atoms with Crippen LogP contribution in [0.2, 0.25) is 0 Å². The molecule has 12 heavy (non-hydrogen) atoms. The van der Waals surface area contributed by atoms with Gasteiger partial charge in [0.05, 0.1) is 0 Å². The molecule has 0 saturated carbocycles. The maximum absolute atomic E-state index is 10.6. The minimum atomic E-state index is -1.14. The SMILES string of the molecule is CCCN(C)CC(C)(N)C(=O)O. The van der Waals surface area contributed by atoms with Crippen LogP contribution < -0.4 is 5.73 Å². The average molecular weight is 174 g/mol. The van der Waals surface area contributed by atoms with E-state index in [-0.39, 0.29) is 0 Å². The zero-order valence-electron chi connectivity index (χ0n) is 8.00. The summed E-state index contributed by atoms with van der Waals surface area (Å²) in [5.41, 5.74) is 4.41. The van der Waals surface area contributed by atoms with Crippen LogP contribution in [0.25, 0.3) is 0 Å². The molecule has 0 fully saturated rings. The Hall–Kier alpha value is -0.610. The van der Waals surface area contributed by atoms with E-state index in [2.05, 4.69) is 0 Å². The minimum absolute atomic E-state index is 0.385. The number of nitrogens with two attached hydrogens (primary N) is 1. The molecule has 4 nitrogen and oxygen atoms in total. The largest absolute Gasteiger partial charge is 0.480 e. The molecular weight excluding hydrogens is 156 g/mol. The van der Waals surface area contributed by atoms with Gasteiger partial charge in [-0.25, -0.2) is 0 Å². The van der Waals surface area contributed by atoms with Gasteiger partial charge in [0.1, 0.15) is 5.54 Å². The third-order valence-electron chi connectivity index (χ3n) is 1.69. The van der Waals surface area contributed by atoms with E-state index in [4.69, 9.17) is 10.8 Å². The number of carboxylic acids is 1. The van der Waals surface area contributed by atoms with E-state index in [9.17, 15) is 4.79 Å². The lowest BCUT2D eigenvalue weighted by atomic mass is 10.0. The van der Waals surface area contributed by atoms with E-state index >= 15 is 0 Å². The van der Waals surface area contributed by atoms with Crippen molar-refractivity contribution in [3.63, 3.8) is 0 Å². The van der Waals surface area contributed by atoms with Gasteiger partial charge in [0.15, 0.2) is 0 Å². The first-order valence-electron chi connectivity index (χ1n) is 4.11. The van der Waals surface area contributed by atoms with Gasteiger partial charge in [0, 0.05) is 6.54 Å². The van der Waals surface area contributed by atoms with Crippen LogP contribution >= 0.6 is 0 Å². The van der Waals surface area contributed by atoms with Crippen molar-refractivity contribution in [2.24, 2.45) is 5.73 Å². The number of carbonyl (C=O) groups is 1. The standard InChI is InChI=1S/C8H18N2O2/c1-4-5-10(3)6-8(2,9)7(11)12/h4-6,9H2,1-3H3,(H,11,12). The van der Waals surface area contributed by atoms with Crippen molar-refractivity contribution in [3.8, 4) is 0 Å². The van der Waals surface area contributed by atoms with Crippen LogP contribution in [0, 0.1) is 0 Å². The second kappa shape index (κ2) is 4.42. The Morgan fingerprint density at radius 3 is 2.50 bits per heavy atom. The van der Waals surface area contributed by atoms with E-state index in [0.29, 0.717) is 6.54 Å². The summed E-state index contributed by atoms with van der Waals surface area (Å²) in [4.78, 5) is 12.5. The summed E-state index contributed by atoms with van der Waals surface area (Å²) in [6, 6.07) is 0. The van der Waals surface area contributed by atoms with Crippen LogP contribution in [0.1, 0.15) is 20.3 Å². The molecule has 0 rings (SSSR count). The van der Waals surface area contributed by atoms with Crippen molar-refractivity contribution in [3.05, 3.63) is 0 Å². The van der Waals surface area contributed by atoms with E-state index < -0.39 is 11.5 Å². The topological polar surface area (TPSA) is 66.6 Å². The summed E-state index contributed by atoms with van der Waals surface area (Å²) in [6.45, 7) is 4.84. The first-order chi connectivity index (χ1) is 5.40. The summed E-state index contributed by atoms with van der Waals surface area (Å²) >= 11 is 0. The summed E-state index contributed by atoms with van der Waals surface area (Å²) in [5, 5.41) is 8.71. The van der Waals surface area contributed by atoms with Gasteiger partial charge >= 0.3 is 5.97 Å². The van der Waals surface area contributed by atoms with Gasteiger partial charge in [0.2, 0.25) is 0 Å². The smallest absolute Gasteiger partial charge is 0.324 e. The Labute approximate surface area is 73.3 Å². The van der Waals surface area contributed by atoms with Crippen molar-refractivity contribution in [2.75, 3.05) is 20.1 Å². The second-order valence-electron chi connectivity index (χ2n) is 3.46. The summed E-state index contributed by atoms with van der Waals surface area (Å²) in [5.74, 6) is -0.953. The van der Waals surface area contributed by atoms with Gasteiger partial charge in [-0.3, -0.25) is 4.79 Å². The lowest BCUT2D eigenvalue weighted by Crippen LogP contribution is -2.53. The highest BCUT2D eigenvalue weighted by molar-refractivity contribution is 5.78. The van der Waals surface area contributed by atoms with Crippen LogP contribution in [-0.2, 0) is 4.79 Å². The van der Waals surface area contributed by atoms with Gasteiger partial charge in [-0.15, -0.1) is 0 Å². The first kappa shape index (κ1) is 11.4. The van der Waals surface area contributed by atoms with Gasteiger partial charge in [-0.1, -0.05) is 6.92 Å². The molecule has 0 aliphatic heterocycles. The Morgan fingerprint density at radius 1 is 1.67 bits per heavy atom. The second-order valence-corrected chi connectivity index (χ2v) is 3.46. The van der Waals surface area contributed by atoms with Gasteiger partial charge in [0.25, 0.3) is 0 Å². The molecule has 0 heterocycles. The number of likely N-dealkylation sites (N-methyl/N-ethyl adjacent to an activating group) is 1. The van der Waals surface area contributed by atoms with Crippen LogP contribution in [0.3, 0.4) is 0 Å². The van der Waals surface area contributed by atoms with Crippen molar-refractivity contribution < 1.29 is 9.90 Å². The van der Waals surface area contributed by atoms with Crippen LogP contribution in [0.4, 0.5) is 0 Å². The minimum Gasteiger partial charge on any atom is -0.480 e. The molecule has 0 aliphatic rings. The number of aliphatic carboxylic acids is 1. The normalized spacial score (nSPS) is 16.1. The molecule has 0 radical (unpaired) electrons. The molecule has 4 heteroatoms. The van der Waals surface area contributed by atoms with E-state index in [1.807, 2.05) is 18.9 Å². The predicted molar refractivity (Wildman–Crippen MR) is 48.0 cm³/mol. The molecule has 0 spiro atoms. The Kier molecular flexibility index (Phi) is 4.20. The van der Waals surface area contributed by atoms with E-state index in [1.165, 1.54) is 6.92 Å². The highest BCUT2D eigenvalue weighted by Crippen LogP contribution is 2.01. The molecule has 72 valence electrons. The number of carboxylic acid groups (broad SMARTS) is 1. The fourth-order valence-corrected chi connectivity index (χ4v) is 1.09. The van der Waals surface area contributed by atoms with Crippen molar-refractivity contribution in [2.45, 2.75) is 25.8 Å². The van der Waals surface area contributed by atoms with Crippen LogP contribution in [0.5, 0.6) is 0 Å². The van der Waals surface area contributed by atoms with E-state index in [1.54, 1.807) is 0 Å². The predicted octanol–water partition coefficient (Wildman–Crippen LogP) is 0.130. The average Bonchev–Trinajstić information content (AvgIpc) is 1.85. The van der Waals surface area contributed by atoms with Crippen LogP contribution in [0.15, 0.2) is 0 Å². The molecule has 0 aliphatic carbocycles. The first-order valence-corrected chi connectivity index (χ1v) is 4.11. The summed E-state index contributed by atoms with van der Waals surface area (Å²) in [7, 11) is 1.87. The quantitative estimate of drug-likeness (QED) is 0.621.